The fourth-order valence-electron chi connectivity index (χ4n) is 1.99. The van der Waals surface area contributed by atoms with Crippen molar-refractivity contribution in [1.29, 1.82) is 0 Å². The molecule has 0 aliphatic heterocycles. The molecule has 0 unspecified atom stereocenters. The van der Waals surface area contributed by atoms with E-state index in [1.165, 1.54) is 31.2 Å². The second-order valence-electron chi connectivity index (χ2n) is 4.38. The van der Waals surface area contributed by atoms with E-state index >= 15 is 0 Å². The minimum Gasteiger partial charge on any atom is -0.294 e. The lowest BCUT2D eigenvalue weighted by Gasteiger charge is -2.07. The van der Waals surface area contributed by atoms with Crippen LogP contribution in [0.5, 0.6) is 0 Å². The van der Waals surface area contributed by atoms with Gasteiger partial charge in [-0.15, -0.1) is 6.58 Å². The minimum absolute atomic E-state index is 0.186. The first-order valence-electron chi connectivity index (χ1n) is 6.51. The lowest BCUT2D eigenvalue weighted by molar-refractivity contribution is 0.0995. The number of hydrogen-bond donors (Lipinski definition) is 0. The fraction of sp³-hybridized carbons (Fsp3) is 0.438. The number of carbonyl (C=O) groups is 1. The van der Waals surface area contributed by atoms with E-state index in [1.54, 1.807) is 6.08 Å². The summed E-state index contributed by atoms with van der Waals surface area (Å²) in [6.45, 7) is 5.83. The van der Waals surface area contributed by atoms with Crippen molar-refractivity contribution < 1.29 is 4.79 Å². The summed E-state index contributed by atoms with van der Waals surface area (Å²) in [6, 6.07) is 7.95. The zero-order valence-electron chi connectivity index (χ0n) is 10.7. The molecule has 1 rings (SSSR count). The third kappa shape index (κ3) is 4.56. The molecule has 0 aliphatic carbocycles. The molecule has 0 saturated heterocycles. The topological polar surface area (TPSA) is 17.1 Å². The third-order valence-electron chi connectivity index (χ3n) is 2.95. The summed E-state index contributed by atoms with van der Waals surface area (Å²) in [5.41, 5.74) is 2.07. The maximum atomic E-state index is 11.9. The van der Waals surface area contributed by atoms with Crippen LogP contribution in [-0.2, 0) is 6.42 Å². The monoisotopic (exact) mass is 230 g/mol. The average Bonchev–Trinajstić information content (AvgIpc) is 2.35. The van der Waals surface area contributed by atoms with Gasteiger partial charge in [-0.2, -0.15) is 0 Å². The first-order valence-corrected chi connectivity index (χ1v) is 6.51. The van der Waals surface area contributed by atoms with Gasteiger partial charge in [-0.3, -0.25) is 4.79 Å². The Hall–Kier alpha value is -1.37. The van der Waals surface area contributed by atoms with Gasteiger partial charge < -0.3 is 0 Å². The molecule has 0 atom stereocenters. The smallest absolute Gasteiger partial charge is 0.166 e. The standard InChI is InChI=1S/C16H22O/c1-3-5-6-7-11-14-12-8-9-13-15(14)16(17)10-4-2/h4,8-9,12-13H,2-3,5-7,10-11H2,1H3. The zero-order chi connectivity index (χ0) is 12.5. The summed E-state index contributed by atoms with van der Waals surface area (Å²) >= 11 is 0. The van der Waals surface area contributed by atoms with Gasteiger partial charge in [0.25, 0.3) is 0 Å². The third-order valence-corrected chi connectivity index (χ3v) is 2.95. The average molecular weight is 230 g/mol. The second-order valence-corrected chi connectivity index (χ2v) is 4.38. The number of rotatable bonds is 8. The quantitative estimate of drug-likeness (QED) is 0.363. The van der Waals surface area contributed by atoms with Crippen LogP contribution in [-0.4, -0.2) is 5.78 Å². The first kappa shape index (κ1) is 13.7. The second kappa shape index (κ2) is 7.83. The van der Waals surface area contributed by atoms with E-state index in [0.29, 0.717) is 6.42 Å². The summed E-state index contributed by atoms with van der Waals surface area (Å²) in [7, 11) is 0. The lowest BCUT2D eigenvalue weighted by atomic mass is 9.97. The minimum atomic E-state index is 0.186. The largest absolute Gasteiger partial charge is 0.294 e. The number of carbonyl (C=O) groups excluding carboxylic acids is 1. The normalized spacial score (nSPS) is 10.2. The maximum Gasteiger partial charge on any atom is 0.166 e. The van der Waals surface area contributed by atoms with Crippen LogP contribution in [0.3, 0.4) is 0 Å². The molecule has 0 fully saturated rings. The predicted molar refractivity (Wildman–Crippen MR) is 73.4 cm³/mol. The van der Waals surface area contributed by atoms with Gasteiger partial charge in [0.05, 0.1) is 0 Å². The zero-order valence-corrected chi connectivity index (χ0v) is 10.7. The summed E-state index contributed by atoms with van der Waals surface area (Å²) < 4.78 is 0. The van der Waals surface area contributed by atoms with Crippen molar-refractivity contribution in [1.82, 2.24) is 0 Å². The maximum absolute atomic E-state index is 11.9. The summed E-state index contributed by atoms with van der Waals surface area (Å²) in [5.74, 6) is 0.186. The van der Waals surface area contributed by atoms with Crippen molar-refractivity contribution >= 4 is 5.78 Å². The molecule has 1 nitrogen and oxygen atoms in total. The van der Waals surface area contributed by atoms with E-state index in [1.807, 2.05) is 18.2 Å². The Morgan fingerprint density at radius 2 is 2.00 bits per heavy atom. The van der Waals surface area contributed by atoms with Gasteiger partial charge in [0.2, 0.25) is 0 Å². The van der Waals surface area contributed by atoms with E-state index in [2.05, 4.69) is 19.6 Å². The predicted octanol–water partition coefficient (Wildman–Crippen LogP) is 4.57. The number of allylic oxidation sites excluding steroid dienone is 1. The van der Waals surface area contributed by atoms with Gasteiger partial charge in [-0.05, 0) is 18.4 Å². The van der Waals surface area contributed by atoms with E-state index in [9.17, 15) is 4.79 Å². The van der Waals surface area contributed by atoms with Crippen LogP contribution in [0.2, 0.25) is 0 Å². The van der Waals surface area contributed by atoms with Crippen molar-refractivity contribution in [3.05, 3.63) is 48.0 Å². The summed E-state index contributed by atoms with van der Waals surface area (Å²) in [4.78, 5) is 11.9. The van der Waals surface area contributed by atoms with Crippen LogP contribution in [0.15, 0.2) is 36.9 Å². The van der Waals surface area contributed by atoms with Crippen LogP contribution < -0.4 is 0 Å². The molecular formula is C16H22O. The van der Waals surface area contributed by atoms with Crippen LogP contribution in [0, 0.1) is 0 Å². The molecule has 0 radical (unpaired) electrons. The van der Waals surface area contributed by atoms with Crippen LogP contribution in [0.25, 0.3) is 0 Å². The molecule has 0 aliphatic rings. The highest BCUT2D eigenvalue weighted by Gasteiger charge is 2.08. The van der Waals surface area contributed by atoms with Gasteiger partial charge in [0.15, 0.2) is 5.78 Å². The number of Topliss-reactive ketones (excluding diaryl/α,β-unsaturated/α-hetero) is 1. The molecule has 1 aromatic rings. The highest BCUT2D eigenvalue weighted by molar-refractivity contribution is 5.98. The Morgan fingerprint density at radius 3 is 2.71 bits per heavy atom. The van der Waals surface area contributed by atoms with E-state index < -0.39 is 0 Å². The summed E-state index contributed by atoms with van der Waals surface area (Å²) in [5, 5.41) is 0. The van der Waals surface area contributed by atoms with E-state index in [-0.39, 0.29) is 5.78 Å². The van der Waals surface area contributed by atoms with E-state index in [4.69, 9.17) is 0 Å². The van der Waals surface area contributed by atoms with Crippen molar-refractivity contribution in [2.24, 2.45) is 0 Å². The molecule has 0 spiro atoms. The van der Waals surface area contributed by atoms with Crippen molar-refractivity contribution in [3.8, 4) is 0 Å². The SMILES string of the molecule is C=CCC(=O)c1ccccc1CCCCCC. The molecule has 0 aromatic heterocycles. The van der Waals surface area contributed by atoms with Gasteiger partial charge in [-0.25, -0.2) is 0 Å². The fourth-order valence-corrected chi connectivity index (χ4v) is 1.99. The molecule has 0 saturated carbocycles. The lowest BCUT2D eigenvalue weighted by Crippen LogP contribution is -2.02. The van der Waals surface area contributed by atoms with Crippen molar-refractivity contribution in [2.75, 3.05) is 0 Å². The Balaban J connectivity index is 2.64. The molecular weight excluding hydrogens is 208 g/mol. The Labute approximate surface area is 105 Å². The van der Waals surface area contributed by atoms with Gasteiger partial charge in [-0.1, -0.05) is 56.5 Å². The molecule has 0 N–H and O–H groups in total. The number of hydrogen-bond acceptors (Lipinski definition) is 1. The Bertz CT molecular complexity index is 366. The van der Waals surface area contributed by atoms with E-state index in [0.717, 1.165) is 12.0 Å². The Morgan fingerprint density at radius 1 is 1.24 bits per heavy atom. The molecule has 0 bridgehead atoms. The van der Waals surface area contributed by atoms with Crippen LogP contribution in [0.1, 0.15) is 54.9 Å². The molecule has 1 heteroatoms. The van der Waals surface area contributed by atoms with Gasteiger partial charge in [0, 0.05) is 12.0 Å². The Kier molecular flexibility index (Phi) is 6.31. The van der Waals surface area contributed by atoms with Crippen molar-refractivity contribution in [2.45, 2.75) is 45.4 Å². The van der Waals surface area contributed by atoms with Gasteiger partial charge in [0.1, 0.15) is 0 Å². The summed E-state index contributed by atoms with van der Waals surface area (Å²) in [6.07, 6.45) is 8.08. The molecule has 0 heterocycles. The number of ketones is 1. The number of unbranched alkanes of at least 4 members (excludes halogenated alkanes) is 3. The first-order chi connectivity index (χ1) is 8.29. The van der Waals surface area contributed by atoms with Crippen LogP contribution >= 0.6 is 0 Å². The number of aryl methyl sites for hydroxylation is 1. The molecule has 17 heavy (non-hydrogen) atoms. The molecule has 0 amide bonds. The highest BCUT2D eigenvalue weighted by Crippen LogP contribution is 2.15. The molecule has 92 valence electrons. The molecule has 1 aromatic carbocycles. The highest BCUT2D eigenvalue weighted by atomic mass is 16.1. The number of benzene rings is 1. The van der Waals surface area contributed by atoms with Crippen LogP contribution in [0.4, 0.5) is 0 Å². The van der Waals surface area contributed by atoms with Crippen molar-refractivity contribution in [3.63, 3.8) is 0 Å². The van der Waals surface area contributed by atoms with Gasteiger partial charge >= 0.3 is 0 Å².